The van der Waals surface area contributed by atoms with Crippen molar-refractivity contribution in [1.82, 2.24) is 0 Å². The lowest BCUT2D eigenvalue weighted by Gasteiger charge is -2.15. The molecule has 1 unspecified atom stereocenters. The Hall–Kier alpha value is -2.61. The van der Waals surface area contributed by atoms with Crippen LogP contribution in [-0.2, 0) is 11.2 Å². The number of rotatable bonds is 6. The molecule has 0 aliphatic carbocycles. The predicted molar refractivity (Wildman–Crippen MR) is 93.7 cm³/mol. The molecule has 0 saturated carbocycles. The van der Waals surface area contributed by atoms with Crippen LogP contribution in [0.1, 0.15) is 29.9 Å². The van der Waals surface area contributed by atoms with Crippen molar-refractivity contribution in [2.75, 3.05) is 0 Å². The lowest BCUT2D eigenvalue weighted by atomic mass is 9.89. The van der Waals surface area contributed by atoms with E-state index in [0.29, 0.717) is 6.42 Å². The van der Waals surface area contributed by atoms with Gasteiger partial charge in [-0.15, -0.1) is 0 Å². The second-order valence-electron chi connectivity index (χ2n) is 5.84. The van der Waals surface area contributed by atoms with Gasteiger partial charge in [-0.05, 0) is 41.2 Å². The van der Waals surface area contributed by atoms with Crippen molar-refractivity contribution >= 4 is 16.7 Å². The van der Waals surface area contributed by atoms with E-state index in [1.54, 1.807) is 0 Å². The third-order valence-electron chi connectivity index (χ3n) is 4.30. The zero-order valence-corrected chi connectivity index (χ0v) is 13.0. The molecule has 0 saturated heterocycles. The number of carbonyl (C=O) groups is 1. The first-order chi connectivity index (χ1) is 11.3. The van der Waals surface area contributed by atoms with Gasteiger partial charge in [0.25, 0.3) is 0 Å². The van der Waals surface area contributed by atoms with Crippen molar-refractivity contribution in [3.8, 4) is 0 Å². The van der Waals surface area contributed by atoms with Gasteiger partial charge in [-0.3, -0.25) is 4.79 Å². The topological polar surface area (TPSA) is 37.3 Å². The van der Waals surface area contributed by atoms with Gasteiger partial charge in [0.2, 0.25) is 0 Å². The summed E-state index contributed by atoms with van der Waals surface area (Å²) in [5.74, 6) is -1.20. The van der Waals surface area contributed by atoms with Gasteiger partial charge in [0.05, 0.1) is 5.92 Å². The first kappa shape index (κ1) is 15.3. The lowest BCUT2D eigenvalue weighted by molar-refractivity contribution is -0.139. The summed E-state index contributed by atoms with van der Waals surface area (Å²) in [6.45, 7) is 0. The number of carboxylic acids is 1. The average molecular weight is 304 g/mol. The number of carboxylic acid groups (broad SMARTS) is 1. The average Bonchev–Trinajstić information content (AvgIpc) is 2.59. The fourth-order valence-corrected chi connectivity index (χ4v) is 3.12. The number of hydrogen-bond acceptors (Lipinski definition) is 1. The molecule has 1 N–H and O–H groups in total. The van der Waals surface area contributed by atoms with E-state index in [1.807, 2.05) is 60.7 Å². The molecule has 3 aromatic rings. The summed E-state index contributed by atoms with van der Waals surface area (Å²) in [5.41, 5.74) is 2.18. The first-order valence-corrected chi connectivity index (χ1v) is 8.00. The van der Waals surface area contributed by atoms with Crippen molar-refractivity contribution in [3.05, 3.63) is 83.9 Å². The maximum atomic E-state index is 11.8. The second-order valence-corrected chi connectivity index (χ2v) is 5.84. The maximum Gasteiger partial charge on any atom is 0.310 e. The third-order valence-corrected chi connectivity index (χ3v) is 4.30. The van der Waals surface area contributed by atoms with Crippen LogP contribution < -0.4 is 0 Å². The van der Waals surface area contributed by atoms with Crippen molar-refractivity contribution in [3.63, 3.8) is 0 Å². The highest BCUT2D eigenvalue weighted by molar-refractivity contribution is 5.90. The van der Waals surface area contributed by atoms with Gasteiger partial charge in [-0.25, -0.2) is 0 Å². The Labute approximate surface area is 136 Å². The summed E-state index contributed by atoms with van der Waals surface area (Å²) in [4.78, 5) is 11.8. The molecule has 116 valence electrons. The number of aliphatic carboxylic acids is 1. The van der Waals surface area contributed by atoms with Crippen LogP contribution in [0.15, 0.2) is 72.8 Å². The molecule has 2 heteroatoms. The minimum Gasteiger partial charge on any atom is -0.481 e. The van der Waals surface area contributed by atoms with Crippen LogP contribution in [0.25, 0.3) is 10.8 Å². The van der Waals surface area contributed by atoms with Gasteiger partial charge >= 0.3 is 5.97 Å². The molecule has 0 fully saturated rings. The van der Waals surface area contributed by atoms with E-state index in [4.69, 9.17) is 0 Å². The Kier molecular flexibility index (Phi) is 4.72. The van der Waals surface area contributed by atoms with Crippen LogP contribution in [0, 0.1) is 0 Å². The molecule has 0 heterocycles. The fraction of sp³-hybridized carbons (Fsp3) is 0.190. The first-order valence-electron chi connectivity index (χ1n) is 8.00. The zero-order chi connectivity index (χ0) is 16.1. The van der Waals surface area contributed by atoms with E-state index in [0.717, 1.165) is 29.2 Å². The number of aryl methyl sites for hydroxylation is 1. The van der Waals surface area contributed by atoms with Crippen LogP contribution in [0.4, 0.5) is 0 Å². The zero-order valence-electron chi connectivity index (χ0n) is 13.0. The molecule has 0 aromatic heterocycles. The summed E-state index contributed by atoms with van der Waals surface area (Å²) in [5, 5.41) is 11.8. The Bertz CT molecular complexity index is 788. The molecule has 0 spiro atoms. The van der Waals surface area contributed by atoms with Crippen LogP contribution in [0.5, 0.6) is 0 Å². The van der Waals surface area contributed by atoms with Gasteiger partial charge in [-0.2, -0.15) is 0 Å². The largest absolute Gasteiger partial charge is 0.481 e. The van der Waals surface area contributed by atoms with Crippen LogP contribution in [0.3, 0.4) is 0 Å². The van der Waals surface area contributed by atoms with Crippen molar-refractivity contribution in [1.29, 1.82) is 0 Å². The van der Waals surface area contributed by atoms with E-state index < -0.39 is 11.9 Å². The molecule has 23 heavy (non-hydrogen) atoms. The summed E-state index contributed by atoms with van der Waals surface area (Å²) in [7, 11) is 0. The molecule has 0 amide bonds. The number of hydrogen-bond donors (Lipinski definition) is 1. The Morgan fingerprint density at radius 3 is 2.35 bits per heavy atom. The number of benzene rings is 3. The van der Waals surface area contributed by atoms with E-state index in [-0.39, 0.29) is 0 Å². The second kappa shape index (κ2) is 7.10. The molecular weight excluding hydrogens is 284 g/mol. The van der Waals surface area contributed by atoms with E-state index in [1.165, 1.54) is 5.56 Å². The van der Waals surface area contributed by atoms with E-state index >= 15 is 0 Å². The molecule has 2 nitrogen and oxygen atoms in total. The minimum absolute atomic E-state index is 0.454. The normalized spacial score (nSPS) is 12.2. The Balaban J connectivity index is 1.80. The van der Waals surface area contributed by atoms with Crippen molar-refractivity contribution in [2.24, 2.45) is 0 Å². The Morgan fingerprint density at radius 1 is 0.870 bits per heavy atom. The SMILES string of the molecule is O=C(O)C(CCCc1ccccc1)c1cccc2ccccc12. The van der Waals surface area contributed by atoms with Crippen molar-refractivity contribution < 1.29 is 9.90 Å². The number of fused-ring (bicyclic) bond motifs is 1. The van der Waals surface area contributed by atoms with E-state index in [2.05, 4.69) is 12.1 Å². The molecule has 0 aliphatic rings. The van der Waals surface area contributed by atoms with Crippen LogP contribution in [-0.4, -0.2) is 11.1 Å². The third kappa shape index (κ3) is 3.59. The van der Waals surface area contributed by atoms with Gasteiger partial charge in [0.1, 0.15) is 0 Å². The minimum atomic E-state index is -0.741. The molecule has 3 rings (SSSR count). The molecule has 0 bridgehead atoms. The smallest absolute Gasteiger partial charge is 0.310 e. The van der Waals surface area contributed by atoms with Gasteiger partial charge < -0.3 is 5.11 Å². The highest BCUT2D eigenvalue weighted by Gasteiger charge is 2.21. The molecular formula is C21H20O2. The van der Waals surface area contributed by atoms with Crippen molar-refractivity contribution in [2.45, 2.75) is 25.2 Å². The lowest BCUT2D eigenvalue weighted by Crippen LogP contribution is -2.12. The molecule has 0 radical (unpaired) electrons. The van der Waals surface area contributed by atoms with Crippen LogP contribution in [0.2, 0.25) is 0 Å². The highest BCUT2D eigenvalue weighted by Crippen LogP contribution is 2.29. The fourth-order valence-electron chi connectivity index (χ4n) is 3.12. The van der Waals surface area contributed by atoms with Gasteiger partial charge in [0, 0.05) is 0 Å². The summed E-state index contributed by atoms with van der Waals surface area (Å²) >= 11 is 0. The summed E-state index contributed by atoms with van der Waals surface area (Å²) < 4.78 is 0. The van der Waals surface area contributed by atoms with Gasteiger partial charge in [-0.1, -0.05) is 72.8 Å². The standard InChI is InChI=1S/C21H20O2/c22-21(23)20(15-6-10-16-8-2-1-3-9-16)19-14-7-12-17-11-4-5-13-18(17)19/h1-5,7-9,11-14,20H,6,10,15H2,(H,22,23). The summed E-state index contributed by atoms with van der Waals surface area (Å²) in [6.07, 6.45) is 2.43. The van der Waals surface area contributed by atoms with Crippen LogP contribution >= 0.6 is 0 Å². The summed E-state index contributed by atoms with van der Waals surface area (Å²) in [6, 6.07) is 24.1. The molecule has 0 aliphatic heterocycles. The van der Waals surface area contributed by atoms with Gasteiger partial charge in [0.15, 0.2) is 0 Å². The highest BCUT2D eigenvalue weighted by atomic mass is 16.4. The Morgan fingerprint density at radius 2 is 1.57 bits per heavy atom. The monoisotopic (exact) mass is 304 g/mol. The van der Waals surface area contributed by atoms with E-state index in [9.17, 15) is 9.90 Å². The molecule has 1 atom stereocenters. The predicted octanol–water partition coefficient (Wildman–Crippen LogP) is 5.03. The molecule has 3 aromatic carbocycles. The quantitative estimate of drug-likeness (QED) is 0.693. The maximum absolute atomic E-state index is 11.8.